The Labute approximate surface area is 245 Å². The van der Waals surface area contributed by atoms with Gasteiger partial charge in [0, 0.05) is 44.6 Å². The van der Waals surface area contributed by atoms with Crippen LogP contribution in [-0.2, 0) is 22.6 Å². The maximum Gasteiger partial charge on any atom is 0.237 e. The number of hydrogen-bond donors (Lipinski definition) is 3. The smallest absolute Gasteiger partial charge is 0.237 e. The first-order valence-corrected chi connectivity index (χ1v) is 14.5. The summed E-state index contributed by atoms with van der Waals surface area (Å²) in [4.78, 5) is 29.9. The van der Waals surface area contributed by atoms with Crippen molar-refractivity contribution in [2.75, 3.05) is 26.2 Å². The molecule has 4 rings (SSSR count). The second kappa shape index (κ2) is 13.7. The van der Waals surface area contributed by atoms with Gasteiger partial charge in [-0.25, -0.2) is 0 Å². The van der Waals surface area contributed by atoms with Gasteiger partial charge in [-0.2, -0.15) is 0 Å². The van der Waals surface area contributed by atoms with Gasteiger partial charge < -0.3 is 20.6 Å². The molecule has 0 bridgehead atoms. The molecular formula is C33H48N4O3. The summed E-state index contributed by atoms with van der Waals surface area (Å²) >= 11 is 0. The van der Waals surface area contributed by atoms with Crippen LogP contribution < -0.4 is 10.6 Å². The van der Waals surface area contributed by atoms with Crippen LogP contribution in [0, 0.1) is 0 Å². The van der Waals surface area contributed by atoms with Crippen LogP contribution in [0.4, 0.5) is 0 Å². The molecule has 2 heterocycles. The van der Waals surface area contributed by atoms with E-state index >= 15 is 0 Å². The molecule has 7 heteroatoms. The van der Waals surface area contributed by atoms with Crippen LogP contribution in [0.25, 0.3) is 0 Å². The van der Waals surface area contributed by atoms with Gasteiger partial charge in [0.05, 0.1) is 23.7 Å². The Morgan fingerprint density at radius 1 is 1.12 bits per heavy atom. The molecule has 1 spiro atoms. The Morgan fingerprint density at radius 2 is 1.90 bits per heavy atom. The zero-order valence-corrected chi connectivity index (χ0v) is 24.1. The number of carbonyl (C=O) groups is 2. The standard InChI is InChI=1S/C33H48N4O3/c1-5-17-37-31(39)14-15-33(37)16-18-36(23-33)25(4)32(40)35-29(20-26-10-7-6-8-11-26)30(38)22-34-21-27-12-9-13-28(19-27)24(2)3/h6-13,19,24-25,29-30,34,38H,5,14-18,20-23H2,1-4H3,(H,35,40)/t25-,29-,30+,33-/m0/s1/i1T2,5T2. The number of carbonyl (C=O) groups excluding carboxylic acids is 2. The molecule has 0 radical (unpaired) electrons. The largest absolute Gasteiger partial charge is 0.390 e. The molecule has 3 N–H and O–H groups in total. The molecule has 0 saturated carbocycles. The van der Waals surface area contributed by atoms with E-state index in [4.69, 9.17) is 5.48 Å². The summed E-state index contributed by atoms with van der Waals surface area (Å²) in [7, 11) is 0. The van der Waals surface area contributed by atoms with E-state index in [1.165, 1.54) is 10.5 Å². The summed E-state index contributed by atoms with van der Waals surface area (Å²) in [6, 6.07) is 17.1. The fraction of sp³-hybridized carbons (Fsp3) is 0.576. The summed E-state index contributed by atoms with van der Waals surface area (Å²) in [5.41, 5.74) is 2.80. The van der Waals surface area contributed by atoms with Crippen molar-refractivity contribution >= 4 is 11.8 Å². The maximum absolute atomic E-state index is 13.6. The summed E-state index contributed by atoms with van der Waals surface area (Å²) < 4.78 is 31.4. The van der Waals surface area contributed by atoms with Gasteiger partial charge in [0.1, 0.15) is 0 Å². The number of rotatable bonds is 13. The fourth-order valence-corrected chi connectivity index (χ4v) is 6.05. The second-order valence-corrected chi connectivity index (χ2v) is 11.7. The topological polar surface area (TPSA) is 84.9 Å². The number of likely N-dealkylation sites (tertiary alicyclic amines) is 2. The molecule has 218 valence electrons. The average Bonchev–Trinajstić information content (AvgIpc) is 3.55. The van der Waals surface area contributed by atoms with E-state index in [2.05, 4.69) is 42.7 Å². The van der Waals surface area contributed by atoms with Crippen molar-refractivity contribution in [3.63, 3.8) is 0 Å². The molecule has 2 aliphatic heterocycles. The number of benzene rings is 2. The molecule has 2 aromatic rings. The van der Waals surface area contributed by atoms with E-state index in [1.807, 2.05) is 48.2 Å². The minimum Gasteiger partial charge on any atom is -0.390 e. The highest BCUT2D eigenvalue weighted by Crippen LogP contribution is 2.39. The minimum absolute atomic E-state index is 0.164. The first-order valence-electron chi connectivity index (χ1n) is 16.7. The van der Waals surface area contributed by atoms with Gasteiger partial charge in [-0.1, -0.05) is 75.3 Å². The lowest BCUT2D eigenvalue weighted by Crippen LogP contribution is -2.55. The predicted octanol–water partition coefficient (Wildman–Crippen LogP) is 3.85. The monoisotopic (exact) mass is 556 g/mol. The van der Waals surface area contributed by atoms with Gasteiger partial charge in [-0.05, 0) is 55.2 Å². The molecule has 2 aromatic carbocycles. The van der Waals surface area contributed by atoms with Crippen LogP contribution in [0.3, 0.4) is 0 Å². The Morgan fingerprint density at radius 3 is 2.65 bits per heavy atom. The average molecular weight is 557 g/mol. The van der Waals surface area contributed by atoms with Crippen molar-refractivity contribution < 1.29 is 20.2 Å². The highest BCUT2D eigenvalue weighted by Gasteiger charge is 2.50. The van der Waals surface area contributed by atoms with Crippen LogP contribution >= 0.6 is 0 Å². The molecule has 4 atom stereocenters. The Kier molecular flexibility index (Phi) is 8.60. The quantitative estimate of drug-likeness (QED) is 0.349. The number of amides is 2. The number of hydrogen-bond acceptors (Lipinski definition) is 5. The normalized spacial score (nSPS) is 23.6. The molecule has 40 heavy (non-hydrogen) atoms. The van der Waals surface area contributed by atoms with Gasteiger partial charge in [0.25, 0.3) is 0 Å². The summed E-state index contributed by atoms with van der Waals surface area (Å²) in [6.07, 6.45) is -1.05. The first kappa shape index (κ1) is 25.0. The molecule has 2 fully saturated rings. The third-order valence-electron chi connectivity index (χ3n) is 8.61. The Bertz CT molecular complexity index is 1260. The Balaban J connectivity index is 1.40. The summed E-state index contributed by atoms with van der Waals surface area (Å²) in [6.45, 7) is 6.03. The van der Waals surface area contributed by atoms with E-state index < -0.39 is 37.0 Å². The van der Waals surface area contributed by atoms with E-state index in [0.29, 0.717) is 57.8 Å². The SMILES string of the molecule is [3H]C([3H])C([3H])([3H])CN1C(=O)CC[C@@]12CCN([C@@H](C)C(=O)N[C@@H](Cc1ccccc1)[C@H](O)CNCc1cccc(C(C)C)c1)C2. The van der Waals surface area contributed by atoms with E-state index in [-0.39, 0.29) is 18.4 Å². The maximum atomic E-state index is 13.6. The minimum atomic E-state index is -2.14. The van der Waals surface area contributed by atoms with Crippen molar-refractivity contribution in [2.24, 2.45) is 0 Å². The van der Waals surface area contributed by atoms with Crippen LogP contribution in [0.2, 0.25) is 0 Å². The van der Waals surface area contributed by atoms with Gasteiger partial charge in [-0.3, -0.25) is 14.5 Å². The molecule has 7 nitrogen and oxygen atoms in total. The third-order valence-corrected chi connectivity index (χ3v) is 8.61. The fourth-order valence-electron chi connectivity index (χ4n) is 6.05. The van der Waals surface area contributed by atoms with Crippen molar-refractivity contribution in [3.05, 3.63) is 71.3 Å². The van der Waals surface area contributed by atoms with Crippen molar-refractivity contribution in [1.29, 1.82) is 0 Å². The Hall–Kier alpha value is -2.74. The van der Waals surface area contributed by atoms with Gasteiger partial charge in [-0.15, -0.1) is 0 Å². The number of nitrogens with one attached hydrogen (secondary N) is 2. The van der Waals surface area contributed by atoms with E-state index in [0.717, 1.165) is 11.1 Å². The molecular weight excluding hydrogens is 500 g/mol. The molecule has 0 unspecified atom stereocenters. The van der Waals surface area contributed by atoms with Gasteiger partial charge in [0.15, 0.2) is 0 Å². The zero-order chi connectivity index (χ0) is 32.1. The van der Waals surface area contributed by atoms with Crippen LogP contribution in [-0.4, -0.2) is 76.6 Å². The van der Waals surface area contributed by atoms with Gasteiger partial charge >= 0.3 is 0 Å². The van der Waals surface area contributed by atoms with Crippen molar-refractivity contribution in [2.45, 2.75) is 95.9 Å². The lowest BCUT2D eigenvalue weighted by molar-refractivity contribution is -0.131. The highest BCUT2D eigenvalue weighted by molar-refractivity contribution is 5.82. The van der Waals surface area contributed by atoms with Gasteiger partial charge in [0.2, 0.25) is 11.8 Å². The first-order chi connectivity index (χ1) is 20.8. The summed E-state index contributed by atoms with van der Waals surface area (Å²) in [5.74, 6) is 0.0525. The van der Waals surface area contributed by atoms with Crippen LogP contribution in [0.15, 0.2) is 54.6 Å². The lowest BCUT2D eigenvalue weighted by atomic mass is 9.95. The second-order valence-electron chi connectivity index (χ2n) is 11.7. The van der Waals surface area contributed by atoms with Crippen molar-refractivity contribution in [3.8, 4) is 0 Å². The summed E-state index contributed by atoms with van der Waals surface area (Å²) in [5, 5.41) is 17.7. The molecule has 2 saturated heterocycles. The number of aliphatic hydroxyl groups is 1. The molecule has 0 aliphatic carbocycles. The molecule has 0 aromatic heterocycles. The predicted molar refractivity (Wildman–Crippen MR) is 160 cm³/mol. The third kappa shape index (κ3) is 7.31. The van der Waals surface area contributed by atoms with Crippen LogP contribution in [0.1, 0.15) is 81.4 Å². The molecule has 2 amide bonds. The zero-order valence-electron chi connectivity index (χ0n) is 28.1. The van der Waals surface area contributed by atoms with E-state index in [1.54, 1.807) is 0 Å². The highest BCUT2D eigenvalue weighted by atomic mass is 16.3. The number of nitrogens with zero attached hydrogens (tertiary/aromatic N) is 2. The number of aliphatic hydroxyl groups excluding tert-OH is 1. The lowest BCUT2D eigenvalue weighted by Gasteiger charge is -2.36. The molecule has 2 aliphatic rings. The van der Waals surface area contributed by atoms with Crippen LogP contribution in [0.5, 0.6) is 0 Å². The van der Waals surface area contributed by atoms with E-state index in [9.17, 15) is 14.7 Å². The van der Waals surface area contributed by atoms with Crippen molar-refractivity contribution in [1.82, 2.24) is 20.4 Å².